The Kier molecular flexibility index (Phi) is 5.99. The Labute approximate surface area is 158 Å². The van der Waals surface area contributed by atoms with Crippen LogP contribution in [0.25, 0.3) is 0 Å². The third kappa shape index (κ3) is 5.04. The van der Waals surface area contributed by atoms with Gasteiger partial charge in [-0.2, -0.15) is 0 Å². The number of carbonyl (C=O) groups excluding carboxylic acids is 1. The predicted molar refractivity (Wildman–Crippen MR) is 106 cm³/mol. The van der Waals surface area contributed by atoms with Gasteiger partial charge in [0.25, 0.3) is 5.91 Å². The van der Waals surface area contributed by atoms with Gasteiger partial charge in [0.2, 0.25) is 0 Å². The number of aryl methyl sites for hydroxylation is 1. The van der Waals surface area contributed by atoms with Gasteiger partial charge in [-0.05, 0) is 42.7 Å². The molecule has 0 aliphatic carbocycles. The monoisotopic (exact) mass is 362 g/mol. The van der Waals surface area contributed by atoms with Crippen LogP contribution in [-0.4, -0.2) is 29.5 Å². The summed E-state index contributed by atoms with van der Waals surface area (Å²) in [6, 6.07) is 17.2. The normalized spacial score (nSPS) is 10.3. The molecule has 0 bridgehead atoms. The Morgan fingerprint density at radius 1 is 1.07 bits per heavy atom. The molecule has 0 saturated heterocycles. The van der Waals surface area contributed by atoms with Crippen LogP contribution in [-0.2, 0) is 6.42 Å². The van der Waals surface area contributed by atoms with Crippen molar-refractivity contribution in [2.45, 2.75) is 13.3 Å². The molecule has 0 saturated carbocycles. The fourth-order valence-electron chi connectivity index (χ4n) is 2.73. The van der Waals surface area contributed by atoms with Crippen LogP contribution in [0.5, 0.6) is 5.75 Å². The molecular formula is C21H22N4O2. The third-order valence-electron chi connectivity index (χ3n) is 4.07. The molecular weight excluding hydrogens is 340 g/mol. The minimum Gasteiger partial charge on any atom is -0.496 e. The Morgan fingerprint density at radius 3 is 2.74 bits per heavy atom. The molecule has 27 heavy (non-hydrogen) atoms. The van der Waals surface area contributed by atoms with E-state index in [9.17, 15) is 4.79 Å². The van der Waals surface area contributed by atoms with E-state index >= 15 is 0 Å². The summed E-state index contributed by atoms with van der Waals surface area (Å²) in [6.45, 7) is 2.64. The van der Waals surface area contributed by atoms with Crippen LogP contribution in [0.15, 0.2) is 60.9 Å². The van der Waals surface area contributed by atoms with Crippen LogP contribution in [0.4, 0.5) is 11.5 Å². The highest BCUT2D eigenvalue weighted by molar-refractivity contribution is 6.03. The molecule has 1 aromatic heterocycles. The molecule has 1 amide bonds. The molecule has 0 fully saturated rings. The van der Waals surface area contributed by atoms with Gasteiger partial charge in [-0.1, -0.05) is 30.3 Å². The van der Waals surface area contributed by atoms with Crippen LogP contribution in [0, 0.1) is 6.92 Å². The second-order valence-electron chi connectivity index (χ2n) is 6.10. The minimum atomic E-state index is -0.268. The molecule has 0 atom stereocenters. The predicted octanol–water partition coefficient (Wildman–Crippen LogP) is 3.70. The SMILES string of the molecule is COc1ccccc1CCNc1cc(C(=O)Nc2cccc(C)c2)ncn1. The van der Waals surface area contributed by atoms with Crippen LogP contribution in [0.2, 0.25) is 0 Å². The highest BCUT2D eigenvalue weighted by Crippen LogP contribution is 2.18. The first-order valence-electron chi connectivity index (χ1n) is 8.71. The molecule has 0 radical (unpaired) electrons. The van der Waals surface area contributed by atoms with Crippen molar-refractivity contribution in [3.8, 4) is 5.75 Å². The lowest BCUT2D eigenvalue weighted by Gasteiger charge is -2.10. The van der Waals surface area contributed by atoms with Gasteiger partial charge in [-0.25, -0.2) is 9.97 Å². The maximum Gasteiger partial charge on any atom is 0.274 e. The number of hydrogen-bond donors (Lipinski definition) is 2. The maximum absolute atomic E-state index is 12.4. The lowest BCUT2D eigenvalue weighted by Crippen LogP contribution is -2.15. The van der Waals surface area contributed by atoms with Crippen molar-refractivity contribution >= 4 is 17.4 Å². The van der Waals surface area contributed by atoms with Gasteiger partial charge in [0.15, 0.2) is 0 Å². The summed E-state index contributed by atoms with van der Waals surface area (Å²) in [4.78, 5) is 20.7. The number of anilines is 2. The Balaban J connectivity index is 1.60. The number of carbonyl (C=O) groups is 1. The number of amides is 1. The third-order valence-corrected chi connectivity index (χ3v) is 4.07. The summed E-state index contributed by atoms with van der Waals surface area (Å²) in [5.41, 5.74) is 3.24. The minimum absolute atomic E-state index is 0.268. The molecule has 3 rings (SSSR count). The van der Waals surface area contributed by atoms with Crippen LogP contribution in [0.1, 0.15) is 21.6 Å². The van der Waals surface area contributed by atoms with Crippen molar-refractivity contribution < 1.29 is 9.53 Å². The quantitative estimate of drug-likeness (QED) is 0.670. The van der Waals surface area contributed by atoms with Crippen LogP contribution < -0.4 is 15.4 Å². The van der Waals surface area contributed by atoms with Crippen molar-refractivity contribution in [3.63, 3.8) is 0 Å². The zero-order valence-corrected chi connectivity index (χ0v) is 15.4. The zero-order valence-electron chi connectivity index (χ0n) is 15.4. The van der Waals surface area contributed by atoms with Gasteiger partial charge in [-0.3, -0.25) is 4.79 Å². The number of rotatable bonds is 7. The summed E-state index contributed by atoms with van der Waals surface area (Å²) < 4.78 is 5.36. The largest absolute Gasteiger partial charge is 0.496 e. The first-order valence-corrected chi connectivity index (χ1v) is 8.71. The first kappa shape index (κ1) is 18.4. The molecule has 0 spiro atoms. The van der Waals surface area contributed by atoms with E-state index in [1.165, 1.54) is 6.33 Å². The van der Waals surface area contributed by atoms with E-state index in [0.29, 0.717) is 18.1 Å². The summed E-state index contributed by atoms with van der Waals surface area (Å²) in [5.74, 6) is 1.20. The first-order chi connectivity index (χ1) is 13.2. The molecule has 0 aliphatic rings. The molecule has 2 aromatic carbocycles. The van der Waals surface area contributed by atoms with E-state index in [-0.39, 0.29) is 5.91 Å². The van der Waals surface area contributed by atoms with Gasteiger partial charge >= 0.3 is 0 Å². The van der Waals surface area contributed by atoms with Gasteiger partial charge in [-0.15, -0.1) is 0 Å². The van der Waals surface area contributed by atoms with Crippen molar-refractivity contribution in [2.75, 3.05) is 24.3 Å². The van der Waals surface area contributed by atoms with Gasteiger partial charge in [0.1, 0.15) is 23.6 Å². The Hall–Kier alpha value is -3.41. The van der Waals surface area contributed by atoms with Gasteiger partial charge in [0.05, 0.1) is 7.11 Å². The fraction of sp³-hybridized carbons (Fsp3) is 0.190. The number of hydrogen-bond acceptors (Lipinski definition) is 5. The topological polar surface area (TPSA) is 76.1 Å². The lowest BCUT2D eigenvalue weighted by molar-refractivity contribution is 0.102. The summed E-state index contributed by atoms with van der Waals surface area (Å²) in [6.07, 6.45) is 2.16. The zero-order chi connectivity index (χ0) is 19.1. The highest BCUT2D eigenvalue weighted by atomic mass is 16.5. The van der Waals surface area contributed by atoms with Crippen molar-refractivity contribution in [1.29, 1.82) is 0 Å². The smallest absolute Gasteiger partial charge is 0.274 e. The average molecular weight is 362 g/mol. The van der Waals surface area contributed by atoms with E-state index in [2.05, 4.69) is 20.6 Å². The van der Waals surface area contributed by atoms with Crippen LogP contribution in [0.3, 0.4) is 0 Å². The van der Waals surface area contributed by atoms with E-state index in [1.54, 1.807) is 13.2 Å². The Bertz CT molecular complexity index is 927. The molecule has 6 nitrogen and oxygen atoms in total. The second kappa shape index (κ2) is 8.80. The van der Waals surface area contributed by atoms with E-state index in [1.807, 2.05) is 55.5 Å². The number of para-hydroxylation sites is 1. The number of nitrogens with one attached hydrogen (secondary N) is 2. The number of nitrogens with zero attached hydrogens (tertiary/aromatic N) is 2. The molecule has 1 heterocycles. The number of benzene rings is 2. The standard InChI is InChI=1S/C21H22N4O2/c1-15-6-5-8-17(12-15)25-21(26)18-13-20(24-14-23-18)22-11-10-16-7-3-4-9-19(16)27-2/h3-9,12-14H,10-11H2,1-2H3,(H,25,26)(H,22,23,24). The lowest BCUT2D eigenvalue weighted by atomic mass is 10.1. The van der Waals surface area contributed by atoms with Crippen molar-refractivity contribution in [1.82, 2.24) is 9.97 Å². The average Bonchev–Trinajstić information content (AvgIpc) is 2.68. The fourth-order valence-corrected chi connectivity index (χ4v) is 2.73. The van der Waals surface area contributed by atoms with E-state index < -0.39 is 0 Å². The molecule has 0 aliphatic heterocycles. The second-order valence-corrected chi connectivity index (χ2v) is 6.10. The van der Waals surface area contributed by atoms with E-state index in [4.69, 9.17) is 4.74 Å². The molecule has 6 heteroatoms. The number of methoxy groups -OCH3 is 1. The number of ether oxygens (including phenoxy) is 1. The molecule has 138 valence electrons. The molecule has 0 unspecified atom stereocenters. The van der Waals surface area contributed by atoms with E-state index in [0.717, 1.165) is 29.0 Å². The molecule has 3 aromatic rings. The summed E-state index contributed by atoms with van der Waals surface area (Å²) in [7, 11) is 1.66. The summed E-state index contributed by atoms with van der Waals surface area (Å²) in [5, 5.41) is 6.08. The number of aromatic nitrogens is 2. The van der Waals surface area contributed by atoms with Crippen molar-refractivity contribution in [3.05, 3.63) is 77.7 Å². The highest BCUT2D eigenvalue weighted by Gasteiger charge is 2.09. The summed E-state index contributed by atoms with van der Waals surface area (Å²) >= 11 is 0. The van der Waals surface area contributed by atoms with Crippen molar-refractivity contribution in [2.24, 2.45) is 0 Å². The van der Waals surface area contributed by atoms with Gasteiger partial charge < -0.3 is 15.4 Å². The maximum atomic E-state index is 12.4. The Morgan fingerprint density at radius 2 is 1.93 bits per heavy atom. The van der Waals surface area contributed by atoms with Crippen LogP contribution >= 0.6 is 0 Å². The van der Waals surface area contributed by atoms with Gasteiger partial charge in [0, 0.05) is 18.3 Å². The molecule has 2 N–H and O–H groups in total.